The largest absolute Gasteiger partial charge is 0.372 e. The first-order chi connectivity index (χ1) is 7.77. The average Bonchev–Trinajstić information content (AvgIpc) is 2.28. The molecular formula is C10H21NO3S3. The van der Waals surface area contributed by atoms with E-state index in [1.165, 1.54) is 4.31 Å². The van der Waals surface area contributed by atoms with Crippen LogP contribution >= 0.6 is 21.5 Å². The second kappa shape index (κ2) is 6.14. The van der Waals surface area contributed by atoms with Crippen molar-refractivity contribution in [1.29, 1.82) is 0 Å². The monoisotopic (exact) mass is 299 g/mol. The number of hydrogen-bond donors (Lipinski definition) is 1. The van der Waals surface area contributed by atoms with Crippen LogP contribution in [0.25, 0.3) is 0 Å². The van der Waals surface area contributed by atoms with Crippen molar-refractivity contribution in [3.63, 3.8) is 0 Å². The minimum atomic E-state index is -3.32. The number of rotatable bonds is 4. The molecule has 0 aromatic heterocycles. The van der Waals surface area contributed by atoms with E-state index in [1.54, 1.807) is 0 Å². The van der Waals surface area contributed by atoms with Gasteiger partial charge in [-0.3, -0.25) is 0 Å². The smallest absolute Gasteiger partial charge is 0.277 e. The number of nitrogens with zero attached hydrogens (tertiary/aromatic N) is 1. The number of thiol groups is 1. The van der Waals surface area contributed by atoms with Crippen LogP contribution in [-0.2, 0) is 13.8 Å². The summed E-state index contributed by atoms with van der Waals surface area (Å²) in [7, 11) is -2.72. The molecule has 1 heterocycles. The maximum absolute atomic E-state index is 11.8. The summed E-state index contributed by atoms with van der Waals surface area (Å²) in [5.74, 6) is 0.610. The fraction of sp³-hybridized carbons (Fsp3) is 1.00. The quantitative estimate of drug-likeness (QED) is 0.638. The first kappa shape index (κ1) is 15.6. The Morgan fingerprint density at radius 2 is 1.59 bits per heavy atom. The molecule has 0 N–H and O–H groups in total. The van der Waals surface area contributed by atoms with Crippen molar-refractivity contribution in [3.05, 3.63) is 0 Å². The molecule has 4 nitrogen and oxygen atoms in total. The summed E-state index contributed by atoms with van der Waals surface area (Å²) >= 11 is 3.82. The van der Waals surface area contributed by atoms with Gasteiger partial charge in [0.05, 0.1) is 22.0 Å². The van der Waals surface area contributed by atoms with Gasteiger partial charge in [-0.25, -0.2) is 0 Å². The molecule has 0 aromatic rings. The summed E-state index contributed by atoms with van der Waals surface area (Å²) < 4.78 is 31.1. The lowest BCUT2D eigenvalue weighted by Gasteiger charge is -2.40. The molecule has 2 atom stereocenters. The molecule has 1 rings (SSSR count). The second-order valence-corrected chi connectivity index (χ2v) is 9.62. The first-order valence-corrected chi connectivity index (χ1v) is 9.59. The fourth-order valence-electron chi connectivity index (χ4n) is 1.75. The molecule has 0 saturated carbocycles. The molecule has 17 heavy (non-hydrogen) atoms. The molecule has 1 saturated heterocycles. The molecule has 7 heteroatoms. The van der Waals surface area contributed by atoms with Gasteiger partial charge < -0.3 is 4.74 Å². The highest BCUT2D eigenvalue weighted by atomic mass is 33.5. The van der Waals surface area contributed by atoms with Crippen molar-refractivity contribution < 1.29 is 13.2 Å². The second-order valence-electron chi connectivity index (χ2n) is 5.05. The van der Waals surface area contributed by atoms with Gasteiger partial charge in [-0.15, -0.1) is 0 Å². The van der Waals surface area contributed by atoms with Gasteiger partial charge in [0.1, 0.15) is 0 Å². The highest BCUT2D eigenvalue weighted by Crippen LogP contribution is 2.29. The van der Waals surface area contributed by atoms with Crippen LogP contribution in [0.5, 0.6) is 0 Å². The van der Waals surface area contributed by atoms with E-state index in [0.29, 0.717) is 34.8 Å². The van der Waals surface area contributed by atoms with Gasteiger partial charge in [-0.2, -0.15) is 12.7 Å². The molecule has 0 aromatic carbocycles. The molecule has 2 unspecified atom stereocenters. The molecule has 0 aliphatic carbocycles. The molecule has 0 bridgehead atoms. The third-order valence-electron chi connectivity index (χ3n) is 3.01. The third kappa shape index (κ3) is 4.02. The van der Waals surface area contributed by atoms with Crippen LogP contribution in [0.2, 0.25) is 0 Å². The molecule has 1 fully saturated rings. The summed E-state index contributed by atoms with van der Waals surface area (Å²) in [6, 6.07) is 0. The van der Waals surface area contributed by atoms with Gasteiger partial charge in [0.2, 0.25) is 0 Å². The molecule has 1 aliphatic rings. The summed E-state index contributed by atoms with van der Waals surface area (Å²) in [6.07, 6.45) is -0.0715. The molecular weight excluding hydrogens is 278 g/mol. The fourth-order valence-corrected chi connectivity index (χ4v) is 4.00. The van der Waals surface area contributed by atoms with Crippen LogP contribution in [0.3, 0.4) is 0 Å². The van der Waals surface area contributed by atoms with Gasteiger partial charge in [0.15, 0.2) is 0 Å². The van der Waals surface area contributed by atoms with E-state index in [2.05, 4.69) is 11.7 Å². The Labute approximate surface area is 113 Å². The zero-order valence-electron chi connectivity index (χ0n) is 10.7. The third-order valence-corrected chi connectivity index (χ3v) is 7.03. The van der Waals surface area contributed by atoms with Crippen LogP contribution in [0.4, 0.5) is 0 Å². The van der Waals surface area contributed by atoms with Crippen molar-refractivity contribution in [2.75, 3.05) is 13.1 Å². The van der Waals surface area contributed by atoms with E-state index >= 15 is 0 Å². The summed E-state index contributed by atoms with van der Waals surface area (Å²) in [4.78, 5) is 0. The van der Waals surface area contributed by atoms with Crippen LogP contribution < -0.4 is 0 Å². The molecule has 1 aliphatic heterocycles. The van der Waals surface area contributed by atoms with Gasteiger partial charge in [0, 0.05) is 13.1 Å². The van der Waals surface area contributed by atoms with Gasteiger partial charge in [0.25, 0.3) is 9.06 Å². The topological polar surface area (TPSA) is 46.6 Å². The lowest BCUT2D eigenvalue weighted by atomic mass is 10.0. The molecule has 102 valence electrons. The van der Waals surface area contributed by atoms with Crippen molar-refractivity contribution in [3.8, 4) is 0 Å². The van der Waals surface area contributed by atoms with Crippen molar-refractivity contribution in [1.82, 2.24) is 4.31 Å². The van der Waals surface area contributed by atoms with E-state index in [1.807, 2.05) is 27.7 Å². The Hall–Kier alpha value is 0.570. The molecule has 0 spiro atoms. The van der Waals surface area contributed by atoms with Crippen LogP contribution in [0, 0.1) is 11.8 Å². The summed E-state index contributed by atoms with van der Waals surface area (Å²) in [5.41, 5.74) is 0. The van der Waals surface area contributed by atoms with Gasteiger partial charge in [-0.1, -0.05) is 39.4 Å². The van der Waals surface area contributed by atoms with Crippen molar-refractivity contribution in [2.24, 2.45) is 11.8 Å². The zero-order valence-corrected chi connectivity index (χ0v) is 13.2. The Kier molecular flexibility index (Phi) is 5.65. The lowest BCUT2D eigenvalue weighted by molar-refractivity contribution is -0.0996. The number of morpholine rings is 1. The van der Waals surface area contributed by atoms with Crippen molar-refractivity contribution >= 4 is 30.5 Å². The highest BCUT2D eigenvalue weighted by Gasteiger charge is 2.36. The predicted octanol–water partition coefficient (Wildman–Crippen LogP) is 2.19. The summed E-state index contributed by atoms with van der Waals surface area (Å²) in [6.45, 7) is 9.05. The lowest BCUT2D eigenvalue weighted by Crippen LogP contribution is -2.52. The highest BCUT2D eigenvalue weighted by molar-refractivity contribution is 9.02. The van der Waals surface area contributed by atoms with E-state index in [0.717, 1.165) is 0 Å². The summed E-state index contributed by atoms with van der Waals surface area (Å²) in [5, 5.41) is 0. The minimum Gasteiger partial charge on any atom is -0.372 e. The Bertz CT molecular complexity index is 327. The van der Waals surface area contributed by atoms with Crippen LogP contribution in [0.15, 0.2) is 0 Å². The molecule has 0 amide bonds. The van der Waals surface area contributed by atoms with Crippen LogP contribution in [0.1, 0.15) is 27.7 Å². The predicted molar refractivity (Wildman–Crippen MR) is 75.4 cm³/mol. The Morgan fingerprint density at radius 3 is 1.88 bits per heavy atom. The normalized spacial score (nSPS) is 27.9. The maximum Gasteiger partial charge on any atom is 0.277 e. The number of hydrogen-bond acceptors (Lipinski definition) is 5. The van der Waals surface area contributed by atoms with Crippen LogP contribution in [-0.4, -0.2) is 38.0 Å². The molecule has 0 radical (unpaired) electrons. The van der Waals surface area contributed by atoms with Gasteiger partial charge in [-0.05, 0) is 11.8 Å². The van der Waals surface area contributed by atoms with Gasteiger partial charge >= 0.3 is 0 Å². The Morgan fingerprint density at radius 1 is 1.18 bits per heavy atom. The van der Waals surface area contributed by atoms with E-state index in [4.69, 9.17) is 4.74 Å². The SMILES string of the molecule is CC(C)C1CN(S(=O)(=O)SS)CC(C(C)C)O1. The number of ether oxygens (including phenoxy) is 1. The average molecular weight is 299 g/mol. The van der Waals surface area contributed by atoms with E-state index in [-0.39, 0.29) is 12.2 Å². The zero-order chi connectivity index (χ0) is 13.2. The van der Waals surface area contributed by atoms with E-state index < -0.39 is 9.06 Å². The van der Waals surface area contributed by atoms with E-state index in [9.17, 15) is 8.42 Å². The minimum absolute atomic E-state index is 0.0357. The first-order valence-electron chi connectivity index (χ1n) is 5.76. The Balaban J connectivity index is 2.86. The standard InChI is InChI=1S/C10H21NO3S3/c1-7(2)9-5-11(17(12,13)16-15)6-10(14-9)8(3)4/h7-10,15H,5-6H2,1-4H3. The maximum atomic E-state index is 11.8. The van der Waals surface area contributed by atoms with Crippen molar-refractivity contribution in [2.45, 2.75) is 39.9 Å².